The molecule has 0 unspecified atom stereocenters. The summed E-state index contributed by atoms with van der Waals surface area (Å²) in [6.07, 6.45) is 0. The first-order chi connectivity index (χ1) is 2.83. The number of rotatable bonds is 0. The molecule has 0 saturated heterocycles. The first-order valence-corrected chi connectivity index (χ1v) is 2.05. The molecule has 2 nitrogen and oxygen atoms in total. The summed E-state index contributed by atoms with van der Waals surface area (Å²) in [5, 5.41) is 15.1. The molecule has 0 aromatic carbocycles. The minimum absolute atomic E-state index is 0. The molecule has 0 aliphatic carbocycles. The van der Waals surface area contributed by atoms with Crippen LogP contribution in [0.25, 0.3) is 0 Å². The van der Waals surface area contributed by atoms with E-state index in [2.05, 4.69) is 0 Å². The average Bonchev–Trinajstić information content (AvgIpc) is 1.39. The van der Waals surface area contributed by atoms with Crippen molar-refractivity contribution in [2.24, 2.45) is 0 Å². The van der Waals surface area contributed by atoms with Crippen molar-refractivity contribution in [3.8, 4) is 0 Å². The van der Waals surface area contributed by atoms with Crippen LogP contribution < -0.4 is 17.0 Å². The van der Waals surface area contributed by atoms with E-state index in [-0.39, 0.29) is 51.9 Å². The second kappa shape index (κ2) is 42.3. The molecule has 2 N–H and O–H groups in total. The van der Waals surface area contributed by atoms with Crippen LogP contribution in [0.4, 0.5) is 0 Å². The van der Waals surface area contributed by atoms with Crippen LogP contribution in [0.15, 0.2) is 0 Å². The standard InChI is InChI=1S/2C2H6O.BrH.Ti/c2*1-2-3;;/h2*3H,2H2,1H3;1H;/p-1. The third kappa shape index (κ3) is 214. The topological polar surface area (TPSA) is 40.5 Å². The van der Waals surface area contributed by atoms with Gasteiger partial charge in [-0.25, -0.2) is 0 Å². The van der Waals surface area contributed by atoms with Gasteiger partial charge in [0.05, 0.1) is 0 Å². The summed E-state index contributed by atoms with van der Waals surface area (Å²) in [5.74, 6) is 0. The molecule has 0 fully saturated rings. The Morgan fingerprint density at radius 1 is 1.00 bits per heavy atom. The Morgan fingerprint density at radius 3 is 1.00 bits per heavy atom. The van der Waals surface area contributed by atoms with Crippen molar-refractivity contribution in [3.63, 3.8) is 0 Å². The van der Waals surface area contributed by atoms with Crippen molar-refractivity contribution in [1.29, 1.82) is 0 Å². The predicted molar refractivity (Wildman–Crippen MR) is 25.5 cm³/mol. The largest absolute Gasteiger partial charge is 1.00 e. The minimum Gasteiger partial charge on any atom is -1.00 e. The Balaban J connectivity index is -0.0000000160. The van der Waals surface area contributed by atoms with Gasteiger partial charge in [-0.3, -0.25) is 0 Å². The maximum absolute atomic E-state index is 7.57. The van der Waals surface area contributed by atoms with Crippen LogP contribution in [0.1, 0.15) is 13.8 Å². The summed E-state index contributed by atoms with van der Waals surface area (Å²) in [4.78, 5) is 0. The van der Waals surface area contributed by atoms with E-state index in [9.17, 15) is 0 Å². The molecule has 0 radical (unpaired) electrons. The molecule has 0 atom stereocenters. The third-order valence-electron chi connectivity index (χ3n) is 0. The smallest absolute Gasteiger partial charge is 0.0402 e. The Labute approximate surface area is 75.9 Å². The van der Waals surface area contributed by atoms with E-state index in [4.69, 9.17) is 10.2 Å². The SMILES string of the molecule is CCO.CCO.[Br-].[Ti]. The molecular formula is C4H12BrO2Ti-. The molecule has 0 amide bonds. The predicted octanol–water partition coefficient (Wildman–Crippen LogP) is -3.00. The molecule has 0 saturated carbocycles. The molecule has 0 bridgehead atoms. The van der Waals surface area contributed by atoms with Gasteiger partial charge in [0.15, 0.2) is 0 Å². The molecule has 0 aliphatic rings. The monoisotopic (exact) mass is 219 g/mol. The number of halogens is 1. The summed E-state index contributed by atoms with van der Waals surface area (Å²) < 4.78 is 0. The van der Waals surface area contributed by atoms with E-state index < -0.39 is 0 Å². The van der Waals surface area contributed by atoms with Crippen LogP contribution in [-0.2, 0) is 21.7 Å². The molecular weight excluding hydrogens is 208 g/mol. The molecule has 0 spiro atoms. The van der Waals surface area contributed by atoms with Crippen molar-refractivity contribution >= 4 is 0 Å². The molecule has 52 valence electrons. The maximum atomic E-state index is 7.57. The number of aliphatic hydroxyl groups is 2. The van der Waals surface area contributed by atoms with E-state index >= 15 is 0 Å². The fourth-order valence-corrected chi connectivity index (χ4v) is 0. The fourth-order valence-electron chi connectivity index (χ4n) is 0. The van der Waals surface area contributed by atoms with Crippen LogP contribution in [0, 0.1) is 0 Å². The Hall–Kier alpha value is 1.11. The molecule has 0 aromatic rings. The Morgan fingerprint density at radius 2 is 1.00 bits per heavy atom. The van der Waals surface area contributed by atoms with Crippen LogP contribution in [0.5, 0.6) is 0 Å². The normalized spacial score (nSPS) is 4.50. The molecule has 0 aromatic heterocycles. The zero-order valence-corrected chi connectivity index (χ0v) is 8.33. The summed E-state index contributed by atoms with van der Waals surface area (Å²) >= 11 is 0. The van der Waals surface area contributed by atoms with Crippen molar-refractivity contribution in [3.05, 3.63) is 0 Å². The van der Waals surface area contributed by atoms with E-state index in [0.29, 0.717) is 0 Å². The van der Waals surface area contributed by atoms with E-state index in [1.807, 2.05) is 0 Å². The van der Waals surface area contributed by atoms with Gasteiger partial charge in [-0.05, 0) is 13.8 Å². The second-order valence-electron chi connectivity index (χ2n) is 0.632. The number of aliphatic hydroxyl groups excluding tert-OH is 2. The van der Waals surface area contributed by atoms with Gasteiger partial charge in [0, 0.05) is 34.9 Å². The number of hydrogen-bond acceptors (Lipinski definition) is 2. The second-order valence-corrected chi connectivity index (χ2v) is 0.632. The van der Waals surface area contributed by atoms with E-state index in [0.717, 1.165) is 0 Å². The van der Waals surface area contributed by atoms with Gasteiger partial charge >= 0.3 is 0 Å². The number of hydrogen-bond donors (Lipinski definition) is 2. The van der Waals surface area contributed by atoms with Crippen molar-refractivity contribution in [2.75, 3.05) is 13.2 Å². The molecule has 0 heterocycles. The third-order valence-corrected chi connectivity index (χ3v) is 0. The molecule has 0 rings (SSSR count). The first kappa shape index (κ1) is 22.9. The van der Waals surface area contributed by atoms with Gasteiger partial charge < -0.3 is 27.2 Å². The van der Waals surface area contributed by atoms with Crippen molar-refractivity contribution in [2.45, 2.75) is 13.8 Å². The zero-order chi connectivity index (χ0) is 5.41. The first-order valence-electron chi connectivity index (χ1n) is 2.05. The fraction of sp³-hybridized carbons (Fsp3) is 1.00. The average molecular weight is 220 g/mol. The molecule has 8 heavy (non-hydrogen) atoms. The van der Waals surface area contributed by atoms with Gasteiger partial charge in [0.25, 0.3) is 0 Å². The molecule has 4 heteroatoms. The van der Waals surface area contributed by atoms with Gasteiger partial charge in [-0.1, -0.05) is 0 Å². The van der Waals surface area contributed by atoms with Gasteiger partial charge in [0.2, 0.25) is 0 Å². The van der Waals surface area contributed by atoms with Crippen molar-refractivity contribution in [1.82, 2.24) is 0 Å². The van der Waals surface area contributed by atoms with Gasteiger partial charge in [-0.2, -0.15) is 0 Å². The Bertz CT molecular complexity index is 16.0. The molecule has 0 aliphatic heterocycles. The summed E-state index contributed by atoms with van der Waals surface area (Å²) in [7, 11) is 0. The van der Waals surface area contributed by atoms with E-state index in [1.165, 1.54) is 0 Å². The van der Waals surface area contributed by atoms with Crippen LogP contribution >= 0.6 is 0 Å². The van der Waals surface area contributed by atoms with Crippen LogP contribution in [0.3, 0.4) is 0 Å². The maximum Gasteiger partial charge on any atom is 0.0402 e. The quantitative estimate of drug-likeness (QED) is 0.427. The van der Waals surface area contributed by atoms with E-state index in [1.54, 1.807) is 13.8 Å². The summed E-state index contributed by atoms with van der Waals surface area (Å²) in [5.41, 5.74) is 0. The van der Waals surface area contributed by atoms with Gasteiger partial charge in [-0.15, -0.1) is 0 Å². The van der Waals surface area contributed by atoms with Crippen LogP contribution in [0.2, 0.25) is 0 Å². The summed E-state index contributed by atoms with van der Waals surface area (Å²) in [6.45, 7) is 3.86. The van der Waals surface area contributed by atoms with Gasteiger partial charge in [0.1, 0.15) is 0 Å². The summed E-state index contributed by atoms with van der Waals surface area (Å²) in [6, 6.07) is 0. The minimum atomic E-state index is 0. The van der Waals surface area contributed by atoms with Crippen molar-refractivity contribution < 1.29 is 48.9 Å². The van der Waals surface area contributed by atoms with Crippen LogP contribution in [-0.4, -0.2) is 23.4 Å². The Kier molecular flexibility index (Phi) is 121. The zero-order valence-electron chi connectivity index (χ0n) is 5.19.